The SMILES string of the molecule is CCOC(=O)c1cc(-c2ccc(/C=N\NC(=O)CNc3ccc(F)cc3)o2)ccc1Cl. The normalized spacial score (nSPS) is 10.8. The number of esters is 1. The zero-order valence-electron chi connectivity index (χ0n) is 16.5. The lowest BCUT2D eigenvalue weighted by molar-refractivity contribution is -0.119. The van der Waals surface area contributed by atoms with Gasteiger partial charge >= 0.3 is 5.97 Å². The highest BCUT2D eigenvalue weighted by Crippen LogP contribution is 2.27. The molecule has 160 valence electrons. The minimum absolute atomic E-state index is 0.0339. The molecule has 1 amide bonds. The molecule has 31 heavy (non-hydrogen) atoms. The van der Waals surface area contributed by atoms with Crippen LogP contribution in [0, 0.1) is 5.82 Å². The van der Waals surface area contributed by atoms with Gasteiger partial charge in [0.15, 0.2) is 0 Å². The number of ether oxygens (including phenoxy) is 1. The van der Waals surface area contributed by atoms with Crippen molar-refractivity contribution in [1.82, 2.24) is 5.43 Å². The van der Waals surface area contributed by atoms with Crippen molar-refractivity contribution in [2.24, 2.45) is 5.10 Å². The van der Waals surface area contributed by atoms with E-state index in [1.165, 1.54) is 30.5 Å². The fourth-order valence-corrected chi connectivity index (χ4v) is 2.77. The van der Waals surface area contributed by atoms with E-state index in [4.69, 9.17) is 20.8 Å². The predicted molar refractivity (Wildman–Crippen MR) is 116 cm³/mol. The largest absolute Gasteiger partial charge is 0.462 e. The number of anilines is 1. The lowest BCUT2D eigenvalue weighted by Crippen LogP contribution is -2.25. The van der Waals surface area contributed by atoms with Crippen LogP contribution in [0.15, 0.2) is 64.1 Å². The van der Waals surface area contributed by atoms with Gasteiger partial charge in [-0.05, 0) is 61.5 Å². The zero-order valence-corrected chi connectivity index (χ0v) is 17.3. The van der Waals surface area contributed by atoms with Gasteiger partial charge in [-0.3, -0.25) is 4.79 Å². The van der Waals surface area contributed by atoms with Crippen LogP contribution < -0.4 is 10.7 Å². The summed E-state index contributed by atoms with van der Waals surface area (Å²) in [6, 6.07) is 13.9. The van der Waals surface area contributed by atoms with Gasteiger partial charge in [-0.2, -0.15) is 5.10 Å². The fraction of sp³-hybridized carbons (Fsp3) is 0.136. The first-order valence-corrected chi connectivity index (χ1v) is 9.72. The minimum atomic E-state index is -0.514. The number of hydrazone groups is 1. The second-order valence-electron chi connectivity index (χ2n) is 6.27. The zero-order chi connectivity index (χ0) is 22.2. The first kappa shape index (κ1) is 22.0. The highest BCUT2D eigenvalue weighted by Gasteiger charge is 2.14. The molecule has 0 saturated heterocycles. The Hall–Kier alpha value is -3.65. The molecule has 0 radical (unpaired) electrons. The topological polar surface area (TPSA) is 92.9 Å². The molecule has 0 aliphatic heterocycles. The third-order valence-corrected chi connectivity index (χ3v) is 4.38. The van der Waals surface area contributed by atoms with Crippen molar-refractivity contribution >= 4 is 35.4 Å². The van der Waals surface area contributed by atoms with E-state index in [2.05, 4.69) is 15.8 Å². The molecule has 1 aromatic heterocycles. The maximum absolute atomic E-state index is 12.9. The van der Waals surface area contributed by atoms with Crippen LogP contribution in [-0.2, 0) is 9.53 Å². The van der Waals surface area contributed by atoms with Gasteiger partial charge in [-0.1, -0.05) is 11.6 Å². The van der Waals surface area contributed by atoms with Crippen molar-refractivity contribution in [1.29, 1.82) is 0 Å². The van der Waals surface area contributed by atoms with Gasteiger partial charge in [0, 0.05) is 11.3 Å². The second-order valence-corrected chi connectivity index (χ2v) is 6.68. The van der Waals surface area contributed by atoms with Crippen molar-refractivity contribution < 1.29 is 23.1 Å². The molecule has 0 aliphatic rings. The molecule has 2 N–H and O–H groups in total. The molecule has 0 spiro atoms. The van der Waals surface area contributed by atoms with Crippen LogP contribution in [0.2, 0.25) is 5.02 Å². The van der Waals surface area contributed by atoms with E-state index in [0.717, 1.165) is 0 Å². The number of halogens is 2. The third-order valence-electron chi connectivity index (χ3n) is 4.05. The summed E-state index contributed by atoms with van der Waals surface area (Å²) in [5, 5.41) is 6.98. The summed E-state index contributed by atoms with van der Waals surface area (Å²) in [4.78, 5) is 23.8. The van der Waals surface area contributed by atoms with Gasteiger partial charge in [0.1, 0.15) is 17.3 Å². The van der Waals surface area contributed by atoms with Gasteiger partial charge in [0.25, 0.3) is 5.91 Å². The predicted octanol–water partition coefficient (Wildman–Crippen LogP) is 4.48. The highest BCUT2D eigenvalue weighted by molar-refractivity contribution is 6.33. The molecule has 3 rings (SSSR count). The molecule has 0 aliphatic carbocycles. The van der Waals surface area contributed by atoms with Crippen molar-refractivity contribution in [3.8, 4) is 11.3 Å². The summed E-state index contributed by atoms with van der Waals surface area (Å²) in [5.74, 6) is -0.362. The average molecular weight is 444 g/mol. The van der Waals surface area contributed by atoms with Crippen LogP contribution in [-0.4, -0.2) is 31.2 Å². The maximum atomic E-state index is 12.9. The second kappa shape index (κ2) is 10.4. The van der Waals surface area contributed by atoms with Crippen molar-refractivity contribution in [2.75, 3.05) is 18.5 Å². The molecular formula is C22H19ClFN3O4. The molecule has 9 heteroatoms. The smallest absolute Gasteiger partial charge is 0.339 e. The van der Waals surface area contributed by atoms with Crippen molar-refractivity contribution in [3.05, 3.63) is 76.8 Å². The van der Waals surface area contributed by atoms with E-state index < -0.39 is 5.97 Å². The van der Waals surface area contributed by atoms with E-state index in [9.17, 15) is 14.0 Å². The van der Waals surface area contributed by atoms with E-state index in [1.54, 1.807) is 37.3 Å². The molecule has 0 atom stereocenters. The Kier molecular flexibility index (Phi) is 7.40. The number of nitrogens with one attached hydrogen (secondary N) is 2. The Labute approximate surface area is 182 Å². The molecule has 7 nitrogen and oxygen atoms in total. The van der Waals surface area contributed by atoms with Crippen LogP contribution in [0.25, 0.3) is 11.3 Å². The molecule has 0 saturated carbocycles. The summed E-state index contributed by atoms with van der Waals surface area (Å²) in [7, 11) is 0. The van der Waals surface area contributed by atoms with Crippen LogP contribution in [0.4, 0.5) is 10.1 Å². The first-order chi connectivity index (χ1) is 15.0. The summed E-state index contributed by atoms with van der Waals surface area (Å²) in [6.07, 6.45) is 1.35. The summed E-state index contributed by atoms with van der Waals surface area (Å²) >= 11 is 6.07. The number of rotatable bonds is 8. The lowest BCUT2D eigenvalue weighted by Gasteiger charge is -2.06. The van der Waals surface area contributed by atoms with Crippen LogP contribution in [0.5, 0.6) is 0 Å². The molecule has 3 aromatic rings. The van der Waals surface area contributed by atoms with E-state index >= 15 is 0 Å². The van der Waals surface area contributed by atoms with Crippen LogP contribution in [0.1, 0.15) is 23.0 Å². The number of amides is 1. The van der Waals surface area contributed by atoms with Gasteiger partial charge in [-0.15, -0.1) is 0 Å². The van der Waals surface area contributed by atoms with E-state index in [1.807, 2.05) is 0 Å². The summed E-state index contributed by atoms with van der Waals surface area (Å²) in [6.45, 7) is 1.92. The minimum Gasteiger partial charge on any atom is -0.462 e. The van der Waals surface area contributed by atoms with Gasteiger partial charge in [0.2, 0.25) is 0 Å². The number of carbonyl (C=O) groups excluding carboxylic acids is 2. The average Bonchev–Trinajstić information content (AvgIpc) is 3.23. The Morgan fingerprint density at radius 3 is 2.68 bits per heavy atom. The third kappa shape index (κ3) is 6.16. The number of benzene rings is 2. The van der Waals surface area contributed by atoms with Crippen molar-refractivity contribution in [3.63, 3.8) is 0 Å². The van der Waals surface area contributed by atoms with Gasteiger partial charge in [-0.25, -0.2) is 14.6 Å². The lowest BCUT2D eigenvalue weighted by atomic mass is 10.1. The standard InChI is InChI=1S/C22H19ClFN3O4/c1-2-30-22(29)18-11-14(3-9-19(18)23)20-10-8-17(31-20)12-26-27-21(28)13-25-16-6-4-15(24)5-7-16/h3-12,25H,2,13H2,1H3,(H,27,28)/b26-12-. The number of nitrogens with zero attached hydrogens (tertiary/aromatic N) is 1. The Balaban J connectivity index is 1.57. The first-order valence-electron chi connectivity index (χ1n) is 9.34. The molecule has 0 bridgehead atoms. The van der Waals surface area contributed by atoms with Gasteiger partial charge in [0.05, 0.1) is 30.0 Å². The quantitative estimate of drug-likeness (QED) is 0.304. The molecule has 1 heterocycles. The molecule has 0 fully saturated rings. The summed E-state index contributed by atoms with van der Waals surface area (Å²) in [5.41, 5.74) is 3.86. The summed E-state index contributed by atoms with van der Waals surface area (Å²) < 4.78 is 23.5. The van der Waals surface area contributed by atoms with E-state index in [0.29, 0.717) is 22.8 Å². The Morgan fingerprint density at radius 2 is 1.94 bits per heavy atom. The fourth-order valence-electron chi connectivity index (χ4n) is 2.58. The monoisotopic (exact) mass is 443 g/mol. The number of hydrogen-bond acceptors (Lipinski definition) is 6. The van der Waals surface area contributed by atoms with Crippen LogP contribution >= 0.6 is 11.6 Å². The number of hydrogen-bond donors (Lipinski definition) is 2. The molecular weight excluding hydrogens is 425 g/mol. The molecule has 0 unspecified atom stereocenters. The number of carbonyl (C=O) groups is 2. The van der Waals surface area contributed by atoms with Crippen molar-refractivity contribution in [2.45, 2.75) is 6.92 Å². The molecule has 2 aromatic carbocycles. The Bertz CT molecular complexity index is 1100. The highest BCUT2D eigenvalue weighted by atomic mass is 35.5. The van der Waals surface area contributed by atoms with Crippen LogP contribution in [0.3, 0.4) is 0 Å². The Morgan fingerprint density at radius 1 is 1.16 bits per heavy atom. The van der Waals surface area contributed by atoms with Gasteiger partial charge < -0.3 is 14.5 Å². The maximum Gasteiger partial charge on any atom is 0.339 e. The number of furan rings is 1. The van der Waals surface area contributed by atoms with E-state index in [-0.39, 0.29) is 35.5 Å².